The Morgan fingerprint density at radius 3 is 2.35 bits per heavy atom. The minimum absolute atomic E-state index is 0.137. The fraction of sp³-hybridized carbons (Fsp3) is 0.400. The van der Waals surface area contributed by atoms with Crippen LogP contribution in [0.4, 0.5) is 0 Å². The molecule has 0 bridgehead atoms. The normalized spacial score (nSPS) is 11.8. The van der Waals surface area contributed by atoms with Crippen molar-refractivity contribution in [2.45, 2.75) is 33.7 Å². The van der Waals surface area contributed by atoms with Gasteiger partial charge in [-0.15, -0.1) is 0 Å². The first-order valence-electron chi connectivity index (χ1n) is 8.59. The number of nitrogens with zero attached hydrogens (tertiary/aromatic N) is 1. The molecule has 0 saturated heterocycles. The number of hydrogen-bond donors (Lipinski definition) is 1. The average Bonchev–Trinajstić information content (AvgIpc) is 2.94. The number of H-pyrrole nitrogens is 1. The Hall–Kier alpha value is -2.76. The molecule has 1 aromatic carbocycles. The van der Waals surface area contributed by atoms with E-state index in [1.54, 1.807) is 39.8 Å². The summed E-state index contributed by atoms with van der Waals surface area (Å²) >= 11 is 0. The van der Waals surface area contributed by atoms with Crippen LogP contribution in [0.25, 0.3) is 0 Å². The highest BCUT2D eigenvalue weighted by Gasteiger charge is 2.26. The van der Waals surface area contributed by atoms with Crippen LogP contribution in [0.1, 0.15) is 57.6 Å². The van der Waals surface area contributed by atoms with E-state index in [4.69, 9.17) is 9.47 Å². The van der Waals surface area contributed by atoms with E-state index in [0.29, 0.717) is 29.1 Å². The van der Waals surface area contributed by atoms with Gasteiger partial charge in [0.05, 0.1) is 25.3 Å². The number of hydrogen-bond acceptors (Lipinski definition) is 4. The molecule has 0 aliphatic carbocycles. The molecule has 1 unspecified atom stereocenters. The van der Waals surface area contributed by atoms with Crippen LogP contribution in [0.3, 0.4) is 0 Å². The van der Waals surface area contributed by atoms with E-state index in [0.717, 1.165) is 11.3 Å². The van der Waals surface area contributed by atoms with Crippen molar-refractivity contribution in [3.8, 4) is 5.75 Å². The van der Waals surface area contributed by atoms with E-state index in [1.807, 2.05) is 31.2 Å². The van der Waals surface area contributed by atoms with Crippen molar-refractivity contribution in [2.75, 3.05) is 20.8 Å². The van der Waals surface area contributed by atoms with E-state index < -0.39 is 5.97 Å². The van der Waals surface area contributed by atoms with Gasteiger partial charge in [-0.25, -0.2) is 4.79 Å². The maximum Gasteiger partial charge on any atom is 0.340 e. The van der Waals surface area contributed by atoms with Crippen molar-refractivity contribution in [1.82, 2.24) is 9.88 Å². The molecule has 2 aromatic rings. The molecule has 0 aliphatic rings. The summed E-state index contributed by atoms with van der Waals surface area (Å²) in [6, 6.07) is 7.47. The number of aromatic nitrogens is 1. The van der Waals surface area contributed by atoms with E-state index in [1.165, 1.54) is 0 Å². The summed E-state index contributed by atoms with van der Waals surface area (Å²) in [5, 5.41) is 0. The lowest BCUT2D eigenvalue weighted by atomic mass is 10.1. The predicted molar refractivity (Wildman–Crippen MR) is 99.7 cm³/mol. The molecule has 140 valence electrons. The molecule has 0 saturated carbocycles. The molecular formula is C20H26N2O4. The van der Waals surface area contributed by atoms with Crippen LogP contribution in [0.15, 0.2) is 24.3 Å². The molecule has 1 N–H and O–H groups in total. The SMILES string of the molecule is CCOC(=O)c1c(C)[nH]c(C(=O)N(C)C(C)c2ccc(OC)cc2)c1C. The lowest BCUT2D eigenvalue weighted by molar-refractivity contribution is 0.0525. The van der Waals surface area contributed by atoms with Crippen molar-refractivity contribution in [3.63, 3.8) is 0 Å². The summed E-state index contributed by atoms with van der Waals surface area (Å²) in [5.74, 6) is 0.179. The highest BCUT2D eigenvalue weighted by Crippen LogP contribution is 2.25. The molecule has 0 aliphatic heterocycles. The second kappa shape index (κ2) is 8.08. The lowest BCUT2D eigenvalue weighted by Gasteiger charge is -2.25. The third-order valence-corrected chi connectivity index (χ3v) is 4.63. The zero-order valence-electron chi connectivity index (χ0n) is 16.2. The van der Waals surface area contributed by atoms with Gasteiger partial charge in [-0.3, -0.25) is 4.79 Å². The van der Waals surface area contributed by atoms with Crippen LogP contribution in [0, 0.1) is 13.8 Å². The monoisotopic (exact) mass is 358 g/mol. The van der Waals surface area contributed by atoms with Crippen LogP contribution in [0.2, 0.25) is 0 Å². The number of aryl methyl sites for hydroxylation is 1. The summed E-state index contributed by atoms with van der Waals surface area (Å²) in [4.78, 5) is 29.8. The molecule has 1 amide bonds. The van der Waals surface area contributed by atoms with Gasteiger partial charge in [0, 0.05) is 12.7 Å². The van der Waals surface area contributed by atoms with Gasteiger partial charge in [0.25, 0.3) is 5.91 Å². The van der Waals surface area contributed by atoms with E-state index in [9.17, 15) is 9.59 Å². The van der Waals surface area contributed by atoms with E-state index >= 15 is 0 Å². The number of esters is 1. The van der Waals surface area contributed by atoms with Crippen LogP contribution in [0.5, 0.6) is 5.75 Å². The molecule has 1 heterocycles. The summed E-state index contributed by atoms with van der Waals surface area (Å²) in [5.41, 5.74) is 3.08. The Labute approximate surface area is 154 Å². The smallest absolute Gasteiger partial charge is 0.340 e. The molecule has 6 nitrogen and oxygen atoms in total. The van der Waals surface area contributed by atoms with Gasteiger partial charge in [0.1, 0.15) is 11.4 Å². The van der Waals surface area contributed by atoms with Crippen molar-refractivity contribution >= 4 is 11.9 Å². The van der Waals surface area contributed by atoms with Gasteiger partial charge >= 0.3 is 5.97 Å². The van der Waals surface area contributed by atoms with Gasteiger partial charge < -0.3 is 19.4 Å². The number of ether oxygens (including phenoxy) is 2. The first-order valence-corrected chi connectivity index (χ1v) is 8.59. The summed E-state index contributed by atoms with van der Waals surface area (Å²) < 4.78 is 10.3. The molecule has 6 heteroatoms. The molecule has 0 fully saturated rings. The molecule has 0 spiro atoms. The Kier molecular flexibility index (Phi) is 6.08. The minimum Gasteiger partial charge on any atom is -0.497 e. The van der Waals surface area contributed by atoms with E-state index in [2.05, 4.69) is 4.98 Å². The van der Waals surface area contributed by atoms with Crippen LogP contribution < -0.4 is 4.74 Å². The molecular weight excluding hydrogens is 332 g/mol. The lowest BCUT2D eigenvalue weighted by Crippen LogP contribution is -2.30. The van der Waals surface area contributed by atoms with Gasteiger partial charge in [0.15, 0.2) is 0 Å². The Bertz CT molecular complexity index is 793. The quantitative estimate of drug-likeness (QED) is 0.800. The molecule has 1 atom stereocenters. The fourth-order valence-electron chi connectivity index (χ4n) is 2.93. The third kappa shape index (κ3) is 3.74. The molecule has 26 heavy (non-hydrogen) atoms. The molecule has 1 aromatic heterocycles. The maximum absolute atomic E-state index is 13.0. The Morgan fingerprint density at radius 1 is 1.19 bits per heavy atom. The Morgan fingerprint density at radius 2 is 1.81 bits per heavy atom. The van der Waals surface area contributed by atoms with Crippen LogP contribution in [-0.4, -0.2) is 42.5 Å². The van der Waals surface area contributed by atoms with Crippen molar-refractivity contribution < 1.29 is 19.1 Å². The highest BCUT2D eigenvalue weighted by atomic mass is 16.5. The summed E-state index contributed by atoms with van der Waals surface area (Å²) in [6.07, 6.45) is 0. The number of aromatic amines is 1. The van der Waals surface area contributed by atoms with Gasteiger partial charge in [-0.1, -0.05) is 12.1 Å². The highest BCUT2D eigenvalue weighted by molar-refractivity contribution is 6.00. The first-order chi connectivity index (χ1) is 12.3. The standard InChI is InChI=1S/C20H26N2O4/c1-7-26-20(24)17-12(2)18(21-13(17)3)19(23)22(5)14(4)15-8-10-16(25-6)11-9-15/h8-11,14,21H,7H2,1-6H3. The number of amides is 1. The number of rotatable bonds is 6. The zero-order valence-corrected chi connectivity index (χ0v) is 16.2. The number of carbonyl (C=O) groups excluding carboxylic acids is 2. The van der Waals surface area contributed by atoms with E-state index in [-0.39, 0.29) is 11.9 Å². The number of benzene rings is 1. The van der Waals surface area contributed by atoms with Crippen LogP contribution in [-0.2, 0) is 4.74 Å². The van der Waals surface area contributed by atoms with Crippen molar-refractivity contribution in [3.05, 3.63) is 52.3 Å². The predicted octanol–water partition coefficient (Wildman–Crippen LogP) is 3.65. The summed E-state index contributed by atoms with van der Waals surface area (Å²) in [6.45, 7) is 7.53. The van der Waals surface area contributed by atoms with Crippen molar-refractivity contribution in [1.29, 1.82) is 0 Å². The number of carbonyl (C=O) groups is 2. The second-order valence-electron chi connectivity index (χ2n) is 6.21. The second-order valence-corrected chi connectivity index (χ2v) is 6.21. The van der Waals surface area contributed by atoms with Gasteiger partial charge in [-0.2, -0.15) is 0 Å². The first kappa shape index (κ1) is 19.6. The third-order valence-electron chi connectivity index (χ3n) is 4.63. The number of nitrogens with one attached hydrogen (secondary N) is 1. The number of methoxy groups -OCH3 is 1. The molecule has 0 radical (unpaired) electrons. The van der Waals surface area contributed by atoms with Crippen LogP contribution >= 0.6 is 0 Å². The maximum atomic E-state index is 13.0. The average molecular weight is 358 g/mol. The largest absolute Gasteiger partial charge is 0.497 e. The summed E-state index contributed by atoms with van der Waals surface area (Å²) in [7, 11) is 3.36. The topological polar surface area (TPSA) is 71.6 Å². The minimum atomic E-state index is -0.413. The Balaban J connectivity index is 2.27. The zero-order chi connectivity index (χ0) is 19.4. The molecule has 2 rings (SSSR count). The van der Waals surface area contributed by atoms with Gasteiger partial charge in [0.2, 0.25) is 0 Å². The van der Waals surface area contributed by atoms with Crippen molar-refractivity contribution in [2.24, 2.45) is 0 Å². The fourth-order valence-corrected chi connectivity index (χ4v) is 2.93. The van der Waals surface area contributed by atoms with Gasteiger partial charge in [-0.05, 0) is 51.0 Å².